The normalized spacial score (nSPS) is 11.9. The summed E-state index contributed by atoms with van der Waals surface area (Å²) in [6, 6.07) is 11.3. The number of carbonyl (C=O) groups is 1. The second-order valence-corrected chi connectivity index (χ2v) is 7.53. The fraction of sp³-hybridized carbons (Fsp3) is 0.176. The van der Waals surface area contributed by atoms with E-state index in [0.29, 0.717) is 4.31 Å². The van der Waals surface area contributed by atoms with Gasteiger partial charge in [-0.25, -0.2) is 8.42 Å². The molecule has 2 aromatic carbocycles. The van der Waals surface area contributed by atoms with Crippen LogP contribution in [-0.2, 0) is 21.0 Å². The summed E-state index contributed by atoms with van der Waals surface area (Å²) in [5.74, 6) is -0.925. The molecule has 2 aromatic rings. The lowest BCUT2D eigenvalue weighted by Crippen LogP contribution is -2.35. The van der Waals surface area contributed by atoms with Gasteiger partial charge in [-0.3, -0.25) is 4.79 Å². The summed E-state index contributed by atoms with van der Waals surface area (Å²) in [6.45, 7) is -0.686. The number of hydrogen-bond acceptors (Lipinski definition) is 4. The molecule has 0 aliphatic heterocycles. The van der Waals surface area contributed by atoms with Gasteiger partial charge in [-0.05, 0) is 36.4 Å². The van der Waals surface area contributed by atoms with Crippen molar-refractivity contribution in [1.29, 1.82) is 5.26 Å². The van der Waals surface area contributed by atoms with Gasteiger partial charge in [-0.15, -0.1) is 0 Å². The van der Waals surface area contributed by atoms with E-state index in [-0.39, 0.29) is 10.5 Å². The molecule has 0 saturated carbocycles. The van der Waals surface area contributed by atoms with Crippen LogP contribution in [0.15, 0.2) is 53.4 Å². The Hall–Kier alpha value is -2.90. The zero-order valence-corrected chi connectivity index (χ0v) is 14.8. The van der Waals surface area contributed by atoms with Crippen LogP contribution < -0.4 is 5.32 Å². The lowest BCUT2D eigenvalue weighted by Gasteiger charge is -2.18. The van der Waals surface area contributed by atoms with E-state index in [4.69, 9.17) is 5.26 Å². The predicted molar refractivity (Wildman–Crippen MR) is 91.0 cm³/mol. The average molecular weight is 397 g/mol. The molecule has 0 spiro atoms. The first-order valence-electron chi connectivity index (χ1n) is 7.48. The minimum absolute atomic E-state index is 0.146. The third-order valence-corrected chi connectivity index (χ3v) is 5.38. The van der Waals surface area contributed by atoms with Crippen LogP contribution in [0.3, 0.4) is 0 Å². The van der Waals surface area contributed by atoms with E-state index >= 15 is 0 Å². The summed E-state index contributed by atoms with van der Waals surface area (Å²) in [5.41, 5.74) is -1.23. The maximum atomic E-state index is 13.0. The fourth-order valence-electron chi connectivity index (χ4n) is 2.20. The van der Waals surface area contributed by atoms with Crippen molar-refractivity contribution in [3.8, 4) is 6.07 Å². The van der Waals surface area contributed by atoms with Crippen LogP contribution in [-0.4, -0.2) is 32.2 Å². The molecule has 10 heteroatoms. The van der Waals surface area contributed by atoms with Crippen molar-refractivity contribution in [3.05, 3.63) is 59.7 Å². The summed E-state index contributed by atoms with van der Waals surface area (Å²) >= 11 is 0. The average Bonchev–Trinajstić information content (AvgIpc) is 2.61. The second-order valence-electron chi connectivity index (χ2n) is 5.49. The van der Waals surface area contributed by atoms with Crippen LogP contribution >= 0.6 is 0 Å². The first-order valence-corrected chi connectivity index (χ1v) is 8.92. The van der Waals surface area contributed by atoms with Crippen molar-refractivity contribution in [3.63, 3.8) is 0 Å². The Morgan fingerprint density at radius 2 is 1.74 bits per heavy atom. The number of amides is 1. The highest BCUT2D eigenvalue weighted by Gasteiger charge is 2.33. The van der Waals surface area contributed by atoms with Gasteiger partial charge in [0.1, 0.15) is 0 Å². The third-order valence-electron chi connectivity index (χ3n) is 3.56. The molecular formula is C17H14F3N3O3S. The van der Waals surface area contributed by atoms with Gasteiger partial charge < -0.3 is 5.32 Å². The SMILES string of the molecule is CN(CC(=O)Nc1ccccc1C(F)(F)F)S(=O)(=O)c1ccc(C#N)cc1. The van der Waals surface area contributed by atoms with Crippen molar-refractivity contribution in [1.82, 2.24) is 4.31 Å². The van der Waals surface area contributed by atoms with Crippen LogP contribution in [0.5, 0.6) is 0 Å². The summed E-state index contributed by atoms with van der Waals surface area (Å²) in [4.78, 5) is 11.9. The molecule has 27 heavy (non-hydrogen) atoms. The standard InChI is InChI=1S/C17H14F3N3O3S/c1-23(27(25,26)13-8-6-12(10-21)7-9-13)11-16(24)22-15-5-3-2-4-14(15)17(18,19)20/h2-9H,11H2,1H3,(H,22,24). The van der Waals surface area contributed by atoms with Crippen molar-refractivity contribution in [2.75, 3.05) is 18.9 Å². The van der Waals surface area contributed by atoms with E-state index in [1.54, 1.807) is 0 Å². The molecule has 0 unspecified atom stereocenters. The molecule has 0 bridgehead atoms. The molecule has 0 aliphatic rings. The number of alkyl halides is 3. The zero-order chi connectivity index (χ0) is 20.2. The van der Waals surface area contributed by atoms with Crippen LogP contribution in [0, 0.1) is 11.3 Å². The smallest absolute Gasteiger partial charge is 0.324 e. The summed E-state index contributed by atoms with van der Waals surface area (Å²) in [7, 11) is -2.92. The number of rotatable bonds is 5. The third kappa shape index (κ3) is 4.84. The van der Waals surface area contributed by atoms with Gasteiger partial charge in [-0.2, -0.15) is 22.7 Å². The number of halogens is 3. The Morgan fingerprint density at radius 3 is 2.30 bits per heavy atom. The summed E-state index contributed by atoms with van der Waals surface area (Å²) in [5, 5.41) is 10.8. The van der Waals surface area contributed by atoms with Gasteiger partial charge in [-0.1, -0.05) is 12.1 Å². The molecule has 2 rings (SSSR count). The molecule has 6 nitrogen and oxygen atoms in total. The van der Waals surface area contributed by atoms with E-state index in [1.807, 2.05) is 6.07 Å². The summed E-state index contributed by atoms with van der Waals surface area (Å²) < 4.78 is 64.4. The Bertz CT molecular complexity index is 981. The summed E-state index contributed by atoms with van der Waals surface area (Å²) in [6.07, 6.45) is -4.66. The Morgan fingerprint density at radius 1 is 1.15 bits per heavy atom. The number of likely N-dealkylation sites (N-methyl/N-ethyl adjacent to an activating group) is 1. The molecule has 0 radical (unpaired) electrons. The van der Waals surface area contributed by atoms with Crippen LogP contribution in [0.25, 0.3) is 0 Å². The van der Waals surface area contributed by atoms with Gasteiger partial charge in [0.25, 0.3) is 0 Å². The van der Waals surface area contributed by atoms with E-state index < -0.39 is 39.9 Å². The highest BCUT2D eigenvalue weighted by atomic mass is 32.2. The highest BCUT2D eigenvalue weighted by molar-refractivity contribution is 7.89. The van der Waals surface area contributed by atoms with E-state index in [1.165, 1.54) is 36.4 Å². The van der Waals surface area contributed by atoms with Gasteiger partial charge >= 0.3 is 6.18 Å². The second kappa shape index (κ2) is 7.77. The monoisotopic (exact) mass is 397 g/mol. The van der Waals surface area contributed by atoms with Crippen LogP contribution in [0.1, 0.15) is 11.1 Å². The number of anilines is 1. The molecule has 1 amide bonds. The fourth-order valence-corrected chi connectivity index (χ4v) is 3.32. The van der Waals surface area contributed by atoms with E-state index in [2.05, 4.69) is 5.32 Å². The zero-order valence-electron chi connectivity index (χ0n) is 14.0. The topological polar surface area (TPSA) is 90.3 Å². The Kier molecular flexibility index (Phi) is 5.88. The number of benzene rings is 2. The molecule has 0 saturated heterocycles. The number of para-hydroxylation sites is 1. The lowest BCUT2D eigenvalue weighted by atomic mass is 10.1. The largest absolute Gasteiger partial charge is 0.418 e. The molecule has 0 aliphatic carbocycles. The molecule has 1 N–H and O–H groups in total. The van der Waals surface area contributed by atoms with Crippen LogP contribution in [0.2, 0.25) is 0 Å². The van der Waals surface area contributed by atoms with E-state index in [9.17, 15) is 26.4 Å². The van der Waals surface area contributed by atoms with Crippen molar-refractivity contribution < 1.29 is 26.4 Å². The first-order chi connectivity index (χ1) is 12.6. The number of hydrogen-bond donors (Lipinski definition) is 1. The minimum atomic E-state index is -4.66. The molecule has 0 heterocycles. The number of nitrogens with one attached hydrogen (secondary N) is 1. The van der Waals surface area contributed by atoms with Crippen LogP contribution in [0.4, 0.5) is 18.9 Å². The van der Waals surface area contributed by atoms with Gasteiger partial charge in [0.05, 0.1) is 34.3 Å². The van der Waals surface area contributed by atoms with Crippen molar-refractivity contribution in [2.24, 2.45) is 0 Å². The quantitative estimate of drug-likeness (QED) is 0.840. The van der Waals surface area contributed by atoms with Gasteiger partial charge in [0.2, 0.25) is 15.9 Å². The first kappa shape index (κ1) is 20.4. The van der Waals surface area contributed by atoms with Crippen molar-refractivity contribution >= 4 is 21.6 Å². The number of nitriles is 1. The van der Waals surface area contributed by atoms with E-state index in [0.717, 1.165) is 19.2 Å². The number of nitrogens with zero attached hydrogens (tertiary/aromatic N) is 2. The van der Waals surface area contributed by atoms with Crippen molar-refractivity contribution in [2.45, 2.75) is 11.1 Å². The molecular weight excluding hydrogens is 383 g/mol. The number of sulfonamides is 1. The maximum absolute atomic E-state index is 13.0. The molecule has 0 aromatic heterocycles. The lowest BCUT2D eigenvalue weighted by molar-refractivity contribution is -0.137. The molecule has 142 valence electrons. The minimum Gasteiger partial charge on any atom is -0.324 e. The predicted octanol–water partition coefficient (Wildman–Crippen LogP) is 2.84. The molecule has 0 fully saturated rings. The van der Waals surface area contributed by atoms with Gasteiger partial charge in [0, 0.05) is 7.05 Å². The molecule has 0 atom stereocenters. The maximum Gasteiger partial charge on any atom is 0.418 e. The number of carbonyl (C=O) groups excluding carboxylic acids is 1. The Balaban J connectivity index is 2.15. The highest BCUT2D eigenvalue weighted by Crippen LogP contribution is 2.34. The Labute approximate surface area is 153 Å². The van der Waals surface area contributed by atoms with Gasteiger partial charge in [0.15, 0.2) is 0 Å².